The maximum Gasteiger partial charge on any atom is 0.287 e. The lowest BCUT2D eigenvalue weighted by molar-refractivity contribution is 0.0923. The van der Waals surface area contributed by atoms with Crippen LogP contribution in [0.1, 0.15) is 40.9 Å². The number of carbonyl (C=O) groups excluding carboxylic acids is 1. The molecule has 144 valence electrons. The number of likely N-dealkylation sites (tertiary alicyclic amines) is 1. The van der Waals surface area contributed by atoms with Crippen molar-refractivity contribution >= 4 is 16.9 Å². The molecule has 2 aromatic carbocycles. The van der Waals surface area contributed by atoms with E-state index < -0.39 is 0 Å². The predicted octanol–water partition coefficient (Wildman–Crippen LogP) is 3.71. The van der Waals surface area contributed by atoms with Gasteiger partial charge in [-0.1, -0.05) is 42.8 Å². The number of hydrogen-bond acceptors (Lipinski definition) is 4. The van der Waals surface area contributed by atoms with Gasteiger partial charge in [0.2, 0.25) is 0 Å². The minimum Gasteiger partial charge on any atom is -0.451 e. The van der Waals surface area contributed by atoms with Gasteiger partial charge < -0.3 is 9.73 Å². The number of hydrogen-bond donors (Lipinski definition) is 1. The zero-order valence-electron chi connectivity index (χ0n) is 15.8. The van der Waals surface area contributed by atoms with E-state index in [-0.39, 0.29) is 17.1 Å². The molecule has 1 aliphatic heterocycles. The van der Waals surface area contributed by atoms with Crippen LogP contribution in [0.5, 0.6) is 0 Å². The third-order valence-corrected chi connectivity index (χ3v) is 5.26. The summed E-state index contributed by atoms with van der Waals surface area (Å²) in [5.41, 5.74) is 2.53. The summed E-state index contributed by atoms with van der Waals surface area (Å²) < 4.78 is 5.62. The van der Waals surface area contributed by atoms with Crippen molar-refractivity contribution in [2.75, 3.05) is 13.1 Å². The maximum absolute atomic E-state index is 12.6. The lowest BCUT2D eigenvalue weighted by Gasteiger charge is -2.27. The van der Waals surface area contributed by atoms with Crippen LogP contribution in [-0.2, 0) is 13.1 Å². The van der Waals surface area contributed by atoms with Crippen LogP contribution in [0.25, 0.3) is 11.0 Å². The van der Waals surface area contributed by atoms with Crippen LogP contribution in [0.15, 0.2) is 63.8 Å². The van der Waals surface area contributed by atoms with Gasteiger partial charge in [-0.15, -0.1) is 0 Å². The van der Waals surface area contributed by atoms with Crippen molar-refractivity contribution in [3.8, 4) is 0 Å². The molecule has 5 nitrogen and oxygen atoms in total. The fourth-order valence-electron chi connectivity index (χ4n) is 3.72. The molecule has 2 heterocycles. The molecular weight excluding hydrogens is 352 g/mol. The summed E-state index contributed by atoms with van der Waals surface area (Å²) in [4.78, 5) is 27.2. The summed E-state index contributed by atoms with van der Waals surface area (Å²) in [5, 5.41) is 3.37. The fourth-order valence-corrected chi connectivity index (χ4v) is 3.72. The highest BCUT2D eigenvalue weighted by Crippen LogP contribution is 2.17. The number of amides is 1. The zero-order chi connectivity index (χ0) is 19.3. The third kappa shape index (κ3) is 4.15. The molecule has 0 unspecified atom stereocenters. The number of piperidine rings is 1. The lowest BCUT2D eigenvalue weighted by atomic mass is 10.0. The second-order valence-corrected chi connectivity index (χ2v) is 7.26. The molecule has 1 fully saturated rings. The highest BCUT2D eigenvalue weighted by Gasteiger charge is 2.15. The Hall–Kier alpha value is -2.92. The molecule has 1 amide bonds. The normalized spacial score (nSPS) is 14.9. The maximum atomic E-state index is 12.6. The van der Waals surface area contributed by atoms with E-state index in [2.05, 4.69) is 16.3 Å². The van der Waals surface area contributed by atoms with E-state index in [4.69, 9.17) is 4.42 Å². The molecule has 0 spiro atoms. The number of nitrogens with zero attached hydrogens (tertiary/aromatic N) is 1. The van der Waals surface area contributed by atoms with Crippen molar-refractivity contribution in [2.24, 2.45) is 0 Å². The molecule has 5 heteroatoms. The van der Waals surface area contributed by atoms with Crippen molar-refractivity contribution in [3.63, 3.8) is 0 Å². The Kier molecular flexibility index (Phi) is 5.53. The highest BCUT2D eigenvalue weighted by atomic mass is 16.3. The predicted molar refractivity (Wildman–Crippen MR) is 109 cm³/mol. The van der Waals surface area contributed by atoms with Gasteiger partial charge in [-0.25, -0.2) is 0 Å². The number of nitrogens with one attached hydrogen (secondary N) is 1. The molecule has 1 saturated heterocycles. The first kappa shape index (κ1) is 18.4. The Balaban J connectivity index is 1.47. The zero-order valence-corrected chi connectivity index (χ0v) is 15.8. The van der Waals surface area contributed by atoms with Crippen molar-refractivity contribution < 1.29 is 9.21 Å². The smallest absolute Gasteiger partial charge is 0.287 e. The van der Waals surface area contributed by atoms with Crippen LogP contribution in [0.2, 0.25) is 0 Å². The first-order valence-corrected chi connectivity index (χ1v) is 9.81. The minimum atomic E-state index is -0.379. The summed E-state index contributed by atoms with van der Waals surface area (Å²) >= 11 is 0. The standard InChI is InChI=1S/C23H24N2O3/c26-20-14-22(28-21-11-5-4-10-19(20)21)23(27)24-15-17-8-2-3-9-18(17)16-25-12-6-1-7-13-25/h2-5,8-11,14H,1,6-7,12-13,15-16H2,(H,24,27). The van der Waals surface area contributed by atoms with E-state index in [1.165, 1.54) is 30.9 Å². The Morgan fingerprint density at radius 2 is 1.68 bits per heavy atom. The molecule has 1 aromatic heterocycles. The van der Waals surface area contributed by atoms with Gasteiger partial charge in [0.25, 0.3) is 5.91 Å². The van der Waals surface area contributed by atoms with E-state index in [1.54, 1.807) is 24.3 Å². The van der Waals surface area contributed by atoms with Crippen LogP contribution < -0.4 is 10.7 Å². The minimum absolute atomic E-state index is 0.0391. The number of para-hydroxylation sites is 1. The summed E-state index contributed by atoms with van der Waals surface area (Å²) in [6.07, 6.45) is 3.81. The van der Waals surface area contributed by atoms with Crippen molar-refractivity contribution in [1.29, 1.82) is 0 Å². The summed E-state index contributed by atoms with van der Waals surface area (Å²) in [7, 11) is 0. The molecule has 0 saturated carbocycles. The Morgan fingerprint density at radius 3 is 2.50 bits per heavy atom. The second kappa shape index (κ2) is 8.40. The second-order valence-electron chi connectivity index (χ2n) is 7.26. The SMILES string of the molecule is O=C(NCc1ccccc1CN1CCCCC1)c1cc(=O)c2ccccc2o1. The summed E-state index contributed by atoms with van der Waals surface area (Å²) in [6.45, 7) is 3.56. The molecular formula is C23H24N2O3. The molecule has 0 aliphatic carbocycles. The molecule has 1 aliphatic rings. The lowest BCUT2D eigenvalue weighted by Crippen LogP contribution is -2.30. The molecule has 28 heavy (non-hydrogen) atoms. The first-order valence-electron chi connectivity index (χ1n) is 9.81. The van der Waals surface area contributed by atoms with Crippen molar-refractivity contribution in [3.05, 3.63) is 81.7 Å². The largest absolute Gasteiger partial charge is 0.451 e. The van der Waals surface area contributed by atoms with Gasteiger partial charge >= 0.3 is 0 Å². The van der Waals surface area contributed by atoms with Crippen LogP contribution in [0.3, 0.4) is 0 Å². The van der Waals surface area contributed by atoms with Gasteiger partial charge in [0, 0.05) is 19.2 Å². The van der Waals surface area contributed by atoms with Crippen LogP contribution >= 0.6 is 0 Å². The monoisotopic (exact) mass is 376 g/mol. The van der Waals surface area contributed by atoms with E-state index in [9.17, 15) is 9.59 Å². The van der Waals surface area contributed by atoms with Gasteiger partial charge in [-0.2, -0.15) is 0 Å². The van der Waals surface area contributed by atoms with Gasteiger partial charge in [-0.3, -0.25) is 14.5 Å². The van der Waals surface area contributed by atoms with Crippen LogP contribution in [0.4, 0.5) is 0 Å². The van der Waals surface area contributed by atoms with Gasteiger partial charge in [0.05, 0.1) is 5.39 Å². The van der Waals surface area contributed by atoms with Crippen molar-refractivity contribution in [1.82, 2.24) is 10.2 Å². The highest BCUT2D eigenvalue weighted by molar-refractivity contribution is 5.93. The Labute approximate surface area is 164 Å². The quantitative estimate of drug-likeness (QED) is 0.737. The van der Waals surface area contributed by atoms with Gasteiger partial charge in [0.15, 0.2) is 11.2 Å². The molecule has 0 bridgehead atoms. The number of fused-ring (bicyclic) bond motifs is 1. The number of rotatable bonds is 5. The molecule has 3 aromatic rings. The van der Waals surface area contributed by atoms with Gasteiger partial charge in [0.1, 0.15) is 5.58 Å². The molecule has 1 N–H and O–H groups in total. The molecule has 0 radical (unpaired) electrons. The first-order chi connectivity index (χ1) is 13.7. The Morgan fingerprint density at radius 1 is 0.964 bits per heavy atom. The Bertz CT molecular complexity index is 1040. The topological polar surface area (TPSA) is 62.6 Å². The van der Waals surface area contributed by atoms with Crippen LogP contribution in [-0.4, -0.2) is 23.9 Å². The van der Waals surface area contributed by atoms with E-state index in [0.29, 0.717) is 17.5 Å². The molecule has 4 rings (SSSR count). The van der Waals surface area contributed by atoms with E-state index in [1.807, 2.05) is 18.2 Å². The van der Waals surface area contributed by atoms with Crippen molar-refractivity contribution in [2.45, 2.75) is 32.4 Å². The average molecular weight is 376 g/mol. The summed E-state index contributed by atoms with van der Waals surface area (Å²) in [6, 6.07) is 16.4. The number of carbonyl (C=O) groups is 1. The van der Waals surface area contributed by atoms with Crippen LogP contribution in [0, 0.1) is 0 Å². The third-order valence-electron chi connectivity index (χ3n) is 5.26. The fraction of sp³-hybridized carbons (Fsp3) is 0.304. The average Bonchev–Trinajstić information content (AvgIpc) is 2.73. The summed E-state index contributed by atoms with van der Waals surface area (Å²) in [5.74, 6) is -0.340. The molecule has 0 atom stereocenters. The van der Waals surface area contributed by atoms with Gasteiger partial charge in [-0.05, 0) is 49.2 Å². The van der Waals surface area contributed by atoms with E-state index >= 15 is 0 Å². The number of benzene rings is 2. The van der Waals surface area contributed by atoms with E-state index in [0.717, 1.165) is 25.2 Å².